The van der Waals surface area contributed by atoms with Crippen molar-refractivity contribution in [3.63, 3.8) is 0 Å². The van der Waals surface area contributed by atoms with Gasteiger partial charge in [0.1, 0.15) is 0 Å². The molecule has 1 atom stereocenters. The van der Waals surface area contributed by atoms with Gasteiger partial charge in [-0.25, -0.2) is 0 Å². The van der Waals surface area contributed by atoms with E-state index in [1.54, 1.807) is 0 Å². The van der Waals surface area contributed by atoms with Crippen LogP contribution in [0.4, 0.5) is 17.1 Å². The first-order chi connectivity index (χ1) is 28.2. The topological polar surface area (TPSA) is 3.24 Å². The minimum Gasteiger partial charge on any atom is -0.310 e. The van der Waals surface area contributed by atoms with Crippen molar-refractivity contribution in [2.24, 2.45) is 5.92 Å². The summed E-state index contributed by atoms with van der Waals surface area (Å²) in [6.07, 6.45) is 0. The number of nitrogens with zero attached hydrogens (tertiary/aromatic N) is 1. The zero-order valence-electron chi connectivity index (χ0n) is 33.7. The number of rotatable bonds is 6. The van der Waals surface area contributed by atoms with Crippen molar-refractivity contribution < 1.29 is 0 Å². The maximum absolute atomic E-state index is 2.51. The summed E-state index contributed by atoms with van der Waals surface area (Å²) in [5.41, 5.74) is 19.0. The van der Waals surface area contributed by atoms with Crippen LogP contribution in [0.25, 0.3) is 53.6 Å². The molecule has 0 N–H and O–H groups in total. The fourth-order valence-corrected chi connectivity index (χ4v) is 11.6. The van der Waals surface area contributed by atoms with Crippen LogP contribution in [0.3, 0.4) is 0 Å². The molecule has 9 aromatic rings. The van der Waals surface area contributed by atoms with Gasteiger partial charge >= 0.3 is 0 Å². The lowest BCUT2D eigenvalue weighted by Gasteiger charge is -2.38. The van der Waals surface area contributed by atoms with Crippen molar-refractivity contribution in [3.8, 4) is 33.4 Å². The summed E-state index contributed by atoms with van der Waals surface area (Å²) in [5, 5.41) is 2.66. The summed E-state index contributed by atoms with van der Waals surface area (Å²) in [5.74, 6) is 0.317. The minimum atomic E-state index is -0.294. The van der Waals surface area contributed by atoms with Crippen LogP contribution in [0.2, 0.25) is 0 Å². The second-order valence-corrected chi connectivity index (χ2v) is 18.3. The highest BCUT2D eigenvalue weighted by Gasteiger charge is 2.47. The van der Waals surface area contributed by atoms with Crippen LogP contribution in [-0.2, 0) is 10.8 Å². The van der Waals surface area contributed by atoms with Crippen LogP contribution in [0.1, 0.15) is 61.1 Å². The third kappa shape index (κ3) is 5.01. The lowest BCUT2D eigenvalue weighted by molar-refractivity contribution is 0.447. The van der Waals surface area contributed by atoms with Gasteiger partial charge in [0.2, 0.25) is 0 Å². The summed E-state index contributed by atoms with van der Waals surface area (Å²) in [6.45, 7) is 11.7. The van der Waals surface area contributed by atoms with E-state index in [0.29, 0.717) is 5.92 Å². The molecule has 58 heavy (non-hydrogen) atoms. The highest BCUT2D eigenvalue weighted by Crippen LogP contribution is 2.58. The van der Waals surface area contributed by atoms with Gasteiger partial charge in [-0.1, -0.05) is 155 Å². The number of aryl methyl sites for hydroxylation is 1. The van der Waals surface area contributed by atoms with E-state index in [-0.39, 0.29) is 10.8 Å². The number of anilines is 3. The molecule has 0 bridgehead atoms. The van der Waals surface area contributed by atoms with Crippen molar-refractivity contribution in [3.05, 3.63) is 209 Å². The van der Waals surface area contributed by atoms with Gasteiger partial charge in [-0.3, -0.25) is 0 Å². The van der Waals surface area contributed by atoms with Crippen LogP contribution in [0.5, 0.6) is 0 Å². The van der Waals surface area contributed by atoms with Crippen molar-refractivity contribution >= 4 is 48.6 Å². The van der Waals surface area contributed by atoms with Crippen LogP contribution in [0, 0.1) is 12.8 Å². The lowest BCUT2D eigenvalue weighted by atomic mass is 9.65. The minimum absolute atomic E-state index is 0.111. The Morgan fingerprint density at radius 3 is 1.72 bits per heavy atom. The van der Waals surface area contributed by atoms with Gasteiger partial charge in [0.05, 0.1) is 0 Å². The zero-order valence-corrected chi connectivity index (χ0v) is 34.5. The maximum Gasteiger partial charge on any atom is 0.0487 e. The predicted molar refractivity (Wildman–Crippen MR) is 248 cm³/mol. The molecular formula is C56H45NS. The van der Waals surface area contributed by atoms with Crippen LogP contribution in [-0.4, -0.2) is 0 Å². The number of fused-ring (bicyclic) bond motifs is 9. The molecule has 0 fully saturated rings. The molecule has 1 heterocycles. The summed E-state index contributed by atoms with van der Waals surface area (Å²) >= 11 is 1.87. The Balaban J connectivity index is 1.10. The van der Waals surface area contributed by atoms with Crippen molar-refractivity contribution in [2.45, 2.75) is 45.4 Å². The normalized spacial score (nSPS) is 16.0. The van der Waals surface area contributed by atoms with Gasteiger partial charge in [0, 0.05) is 48.1 Å². The van der Waals surface area contributed by atoms with E-state index in [1.165, 1.54) is 92.6 Å². The van der Waals surface area contributed by atoms with Crippen molar-refractivity contribution in [1.82, 2.24) is 0 Å². The highest BCUT2D eigenvalue weighted by molar-refractivity contribution is 7.25. The Bertz CT molecular complexity index is 3070. The van der Waals surface area contributed by atoms with E-state index in [0.717, 1.165) is 11.4 Å². The fourth-order valence-electron chi connectivity index (χ4n) is 10.5. The Morgan fingerprint density at radius 2 is 1.00 bits per heavy atom. The molecular weight excluding hydrogens is 719 g/mol. The molecule has 0 aliphatic heterocycles. The number of hydrogen-bond donors (Lipinski definition) is 0. The number of thiophene rings is 1. The Kier molecular flexibility index (Phi) is 7.78. The molecule has 0 saturated heterocycles. The molecule has 1 unspecified atom stereocenters. The Morgan fingerprint density at radius 1 is 0.448 bits per heavy atom. The molecule has 0 saturated carbocycles. The van der Waals surface area contributed by atoms with E-state index in [9.17, 15) is 0 Å². The fraction of sp³-hybridized carbons (Fsp3) is 0.143. The third-order valence-electron chi connectivity index (χ3n) is 13.4. The van der Waals surface area contributed by atoms with Gasteiger partial charge < -0.3 is 4.90 Å². The van der Waals surface area contributed by atoms with Gasteiger partial charge in [-0.2, -0.15) is 0 Å². The quantitative estimate of drug-likeness (QED) is 0.163. The molecule has 2 heteroatoms. The zero-order chi connectivity index (χ0) is 39.3. The molecule has 0 spiro atoms. The molecule has 1 nitrogen and oxygen atoms in total. The van der Waals surface area contributed by atoms with E-state index >= 15 is 0 Å². The van der Waals surface area contributed by atoms with E-state index in [1.807, 2.05) is 11.3 Å². The third-order valence-corrected chi connectivity index (χ3v) is 14.5. The predicted octanol–water partition coefficient (Wildman–Crippen LogP) is 15.8. The smallest absolute Gasteiger partial charge is 0.0487 e. The van der Waals surface area contributed by atoms with Gasteiger partial charge in [-0.15, -0.1) is 11.3 Å². The van der Waals surface area contributed by atoms with E-state index < -0.39 is 0 Å². The number of hydrogen-bond acceptors (Lipinski definition) is 2. The second-order valence-electron chi connectivity index (χ2n) is 17.2. The molecule has 280 valence electrons. The highest BCUT2D eigenvalue weighted by atomic mass is 32.1. The summed E-state index contributed by atoms with van der Waals surface area (Å²) in [7, 11) is 0. The summed E-state index contributed by atoms with van der Waals surface area (Å²) < 4.78 is 2.67. The first kappa shape index (κ1) is 35.0. The SMILES string of the molecule is Cc1ccc(C2(C(C)C)c3ccccc3-c3ccc(N(c4ccc(-c5ccc6sc7ccccc7c6c5)cc4)c4ccc5c(c4)C(C)(C)c4ccccc4-5)cc32)cc1. The largest absolute Gasteiger partial charge is 0.310 e. The van der Waals surface area contributed by atoms with Crippen LogP contribution in [0.15, 0.2) is 176 Å². The molecule has 2 aliphatic carbocycles. The lowest BCUT2D eigenvalue weighted by Crippen LogP contribution is -2.33. The maximum atomic E-state index is 2.51. The van der Waals surface area contributed by atoms with Gasteiger partial charge in [-0.05, 0) is 129 Å². The van der Waals surface area contributed by atoms with E-state index in [4.69, 9.17) is 0 Å². The summed E-state index contributed by atoms with van der Waals surface area (Å²) in [6, 6.07) is 66.6. The average molecular weight is 764 g/mol. The molecule has 2 aliphatic rings. The van der Waals surface area contributed by atoms with Gasteiger partial charge in [0.25, 0.3) is 0 Å². The first-order valence-electron chi connectivity index (χ1n) is 20.6. The number of benzene rings is 8. The molecule has 0 amide bonds. The standard InChI is InChI=1S/C56H45NS/c1-35(2)56(39-23-18-36(3)19-24-39)50-16-10-7-13-44(50)46-30-28-42(34-52(46)56)57(41-27-29-45-43-12-6-9-15-49(43)55(4,5)51(45)33-41)40-25-20-37(21-26-40)38-22-31-54-48(32-38)47-14-8-11-17-53(47)58-54/h6-35H,1-5H3. The molecule has 1 aromatic heterocycles. The summed E-state index contributed by atoms with van der Waals surface area (Å²) in [4.78, 5) is 2.49. The van der Waals surface area contributed by atoms with E-state index in [2.05, 4.69) is 215 Å². The first-order valence-corrected chi connectivity index (χ1v) is 21.4. The molecule has 11 rings (SSSR count). The Labute approximate surface area is 345 Å². The van der Waals surface area contributed by atoms with Crippen LogP contribution >= 0.6 is 11.3 Å². The monoisotopic (exact) mass is 763 g/mol. The molecule has 8 aromatic carbocycles. The average Bonchev–Trinajstić information content (AvgIpc) is 3.85. The van der Waals surface area contributed by atoms with Gasteiger partial charge in [0.15, 0.2) is 0 Å². The van der Waals surface area contributed by atoms with Crippen molar-refractivity contribution in [1.29, 1.82) is 0 Å². The molecule has 0 radical (unpaired) electrons. The van der Waals surface area contributed by atoms with Crippen molar-refractivity contribution in [2.75, 3.05) is 4.90 Å². The second kappa shape index (κ2) is 12.9. The Hall–Kier alpha value is -6.22. The van der Waals surface area contributed by atoms with Crippen LogP contribution < -0.4 is 4.90 Å².